The number of benzene rings is 2. The van der Waals surface area contributed by atoms with Crippen molar-refractivity contribution in [3.63, 3.8) is 0 Å². The summed E-state index contributed by atoms with van der Waals surface area (Å²) in [6.07, 6.45) is 1.79. The van der Waals surface area contributed by atoms with Crippen LogP contribution in [0.4, 0.5) is 0 Å². The van der Waals surface area contributed by atoms with Crippen LogP contribution in [-0.2, 0) is 11.4 Å². The van der Waals surface area contributed by atoms with Crippen LogP contribution in [0.15, 0.2) is 41.3 Å². The molecule has 28 heavy (non-hydrogen) atoms. The number of halogens is 1. The van der Waals surface area contributed by atoms with Crippen molar-refractivity contribution >= 4 is 62.9 Å². The lowest BCUT2D eigenvalue weighted by molar-refractivity contribution is -0.121. The lowest BCUT2D eigenvalue weighted by Gasteiger charge is -2.14. The maximum Gasteiger partial charge on any atom is 0.265 e. The summed E-state index contributed by atoms with van der Waals surface area (Å²) < 4.78 is 12.8. The summed E-state index contributed by atoms with van der Waals surface area (Å²) >= 11 is 8.61. The zero-order valence-electron chi connectivity index (χ0n) is 15.1. The highest BCUT2D eigenvalue weighted by Gasteiger charge is 2.28. The molecule has 1 aliphatic heterocycles. The van der Waals surface area contributed by atoms with Gasteiger partial charge in [0.15, 0.2) is 11.5 Å². The molecule has 0 atom stereocenters. The number of carbonyl (C=O) groups is 1. The molecule has 142 valence electrons. The molecule has 1 aliphatic rings. The Hall–Kier alpha value is -2.09. The van der Waals surface area contributed by atoms with Gasteiger partial charge in [0.2, 0.25) is 0 Å². The third kappa shape index (κ3) is 4.32. The Balaban J connectivity index is 1.87. The van der Waals surface area contributed by atoms with E-state index < -0.39 is 0 Å². The average molecular weight is 522 g/mol. The molecular formula is C20H15IN2O3S2. The van der Waals surface area contributed by atoms with Gasteiger partial charge in [-0.3, -0.25) is 9.69 Å². The summed E-state index contributed by atoms with van der Waals surface area (Å²) in [7, 11) is 3.23. The minimum Gasteiger partial charge on any atom is -0.493 e. The van der Waals surface area contributed by atoms with E-state index in [0.29, 0.717) is 26.3 Å². The second-order valence-electron chi connectivity index (χ2n) is 5.83. The largest absolute Gasteiger partial charge is 0.493 e. The fourth-order valence-corrected chi connectivity index (χ4v) is 4.53. The number of thiocarbonyl (C=S) groups is 1. The summed E-state index contributed by atoms with van der Waals surface area (Å²) in [6.45, 7) is 0.254. The monoisotopic (exact) mass is 522 g/mol. The Bertz CT molecular complexity index is 1030. The van der Waals surface area contributed by atoms with Crippen LogP contribution in [0.5, 0.6) is 11.5 Å². The topological polar surface area (TPSA) is 62.6 Å². The molecule has 1 amide bonds. The van der Waals surface area contributed by atoms with E-state index in [-0.39, 0.29) is 12.5 Å². The lowest BCUT2D eigenvalue weighted by Crippen LogP contribution is -2.22. The zero-order valence-corrected chi connectivity index (χ0v) is 18.9. The second kappa shape index (κ2) is 8.94. The number of nitriles is 1. The molecule has 0 N–H and O–H groups in total. The lowest BCUT2D eigenvalue weighted by atomic mass is 10.1. The van der Waals surface area contributed by atoms with Gasteiger partial charge in [-0.25, -0.2) is 0 Å². The molecule has 0 radical (unpaired) electrons. The number of hydrogen-bond donors (Lipinski definition) is 0. The van der Waals surface area contributed by atoms with Crippen molar-refractivity contribution in [1.82, 2.24) is 4.90 Å². The van der Waals surface area contributed by atoms with Gasteiger partial charge in [0.25, 0.3) is 5.91 Å². The van der Waals surface area contributed by atoms with Crippen molar-refractivity contribution in [1.29, 1.82) is 5.26 Å². The Labute approximate surface area is 186 Å². The van der Waals surface area contributed by atoms with Crippen molar-refractivity contribution < 1.29 is 14.3 Å². The van der Waals surface area contributed by atoms with Gasteiger partial charge < -0.3 is 9.47 Å². The number of thioether (sulfide) groups is 1. The minimum atomic E-state index is -0.114. The molecule has 0 unspecified atom stereocenters. The Morgan fingerprint density at radius 2 is 2.11 bits per heavy atom. The first kappa shape index (κ1) is 20.6. The highest BCUT2D eigenvalue weighted by atomic mass is 127. The van der Waals surface area contributed by atoms with Gasteiger partial charge in [0.1, 0.15) is 10.9 Å². The van der Waals surface area contributed by atoms with E-state index in [2.05, 4.69) is 28.7 Å². The van der Waals surface area contributed by atoms with Gasteiger partial charge in [0.05, 0.1) is 27.2 Å². The highest BCUT2D eigenvalue weighted by molar-refractivity contribution is 14.1. The van der Waals surface area contributed by atoms with E-state index in [1.165, 1.54) is 16.7 Å². The van der Waals surface area contributed by atoms with E-state index >= 15 is 0 Å². The average Bonchev–Trinajstić information content (AvgIpc) is 2.93. The molecule has 2 aromatic rings. The zero-order chi connectivity index (χ0) is 20.3. The predicted molar refractivity (Wildman–Crippen MR) is 122 cm³/mol. The molecule has 5 nitrogen and oxygen atoms in total. The number of hydrogen-bond acceptors (Lipinski definition) is 6. The van der Waals surface area contributed by atoms with Crippen LogP contribution in [0.1, 0.15) is 16.7 Å². The van der Waals surface area contributed by atoms with Crippen molar-refractivity contribution in [3.8, 4) is 17.6 Å². The number of carbonyl (C=O) groups excluding carboxylic acids is 1. The maximum atomic E-state index is 12.2. The van der Waals surface area contributed by atoms with Gasteiger partial charge >= 0.3 is 0 Å². The van der Waals surface area contributed by atoms with Gasteiger partial charge in [-0.05, 0) is 52.4 Å². The first-order chi connectivity index (χ1) is 13.4. The fourth-order valence-electron chi connectivity index (χ4n) is 2.57. The van der Waals surface area contributed by atoms with Crippen LogP contribution >= 0.6 is 46.6 Å². The molecule has 0 aliphatic carbocycles. The normalized spacial score (nSPS) is 15.1. The Morgan fingerprint density at radius 1 is 1.36 bits per heavy atom. The van der Waals surface area contributed by atoms with Gasteiger partial charge in [-0.1, -0.05) is 42.2 Å². The quantitative estimate of drug-likeness (QED) is 0.326. The summed E-state index contributed by atoms with van der Waals surface area (Å²) in [5, 5.41) is 9.22. The van der Waals surface area contributed by atoms with E-state index in [9.17, 15) is 10.1 Å². The van der Waals surface area contributed by atoms with Crippen molar-refractivity contribution in [2.45, 2.75) is 6.61 Å². The van der Waals surface area contributed by atoms with Crippen molar-refractivity contribution in [2.24, 2.45) is 0 Å². The van der Waals surface area contributed by atoms with Crippen molar-refractivity contribution in [3.05, 3.63) is 61.6 Å². The van der Waals surface area contributed by atoms with Crippen LogP contribution in [0.25, 0.3) is 6.08 Å². The highest BCUT2D eigenvalue weighted by Crippen LogP contribution is 2.37. The molecule has 0 aromatic heterocycles. The van der Waals surface area contributed by atoms with Crippen LogP contribution in [-0.4, -0.2) is 29.3 Å². The summed E-state index contributed by atoms with van der Waals surface area (Å²) in [5.41, 5.74) is 2.20. The molecule has 8 heteroatoms. The summed E-state index contributed by atoms with van der Waals surface area (Å²) in [4.78, 5) is 14.2. The molecule has 3 rings (SSSR count). The number of rotatable bonds is 5. The Morgan fingerprint density at radius 3 is 2.75 bits per heavy atom. The van der Waals surface area contributed by atoms with E-state index in [1.807, 2.05) is 30.3 Å². The summed E-state index contributed by atoms with van der Waals surface area (Å²) in [6, 6.07) is 13.2. The smallest absolute Gasteiger partial charge is 0.265 e. The minimum absolute atomic E-state index is 0.114. The molecule has 0 saturated carbocycles. The Kier molecular flexibility index (Phi) is 6.59. The van der Waals surface area contributed by atoms with E-state index in [1.54, 1.807) is 26.3 Å². The van der Waals surface area contributed by atoms with Crippen LogP contribution < -0.4 is 9.47 Å². The summed E-state index contributed by atoms with van der Waals surface area (Å²) in [5.74, 6) is 1.04. The number of methoxy groups -OCH3 is 1. The van der Waals surface area contributed by atoms with Gasteiger partial charge in [-0.2, -0.15) is 5.26 Å². The van der Waals surface area contributed by atoms with Crippen LogP contribution in [0, 0.1) is 14.9 Å². The molecule has 2 aromatic carbocycles. The van der Waals surface area contributed by atoms with Crippen LogP contribution in [0.2, 0.25) is 0 Å². The third-order valence-corrected chi connectivity index (χ3v) is 6.33. The number of ether oxygens (including phenoxy) is 2. The molecule has 0 bridgehead atoms. The molecule has 1 saturated heterocycles. The number of amides is 1. The van der Waals surface area contributed by atoms with Crippen molar-refractivity contribution in [2.75, 3.05) is 14.2 Å². The third-order valence-electron chi connectivity index (χ3n) is 4.05. The maximum absolute atomic E-state index is 12.2. The SMILES string of the molecule is COc1cc(/C=C2/SC(=S)N(C)C2=O)cc(I)c1OCc1ccccc1C#N. The number of likely N-dealkylation sites (N-methyl/N-ethyl adjacent to an activating group) is 1. The van der Waals surface area contributed by atoms with Gasteiger partial charge in [-0.15, -0.1) is 0 Å². The molecule has 1 fully saturated rings. The van der Waals surface area contributed by atoms with Crippen LogP contribution in [0.3, 0.4) is 0 Å². The first-order valence-corrected chi connectivity index (χ1v) is 10.4. The molecular weight excluding hydrogens is 507 g/mol. The standard InChI is InChI=1S/C20H15IN2O3S2/c1-23-19(24)17(28-20(23)27)9-12-7-15(21)18(16(8-12)25-2)26-11-14-6-4-3-5-13(14)10-22/h3-9H,11H2,1-2H3/b17-9+. The van der Waals surface area contributed by atoms with E-state index in [0.717, 1.165) is 14.7 Å². The van der Waals surface area contributed by atoms with Gasteiger partial charge in [0, 0.05) is 12.6 Å². The number of nitrogens with zero attached hydrogens (tertiary/aromatic N) is 2. The predicted octanol–water partition coefficient (Wildman–Crippen LogP) is 4.58. The molecule has 1 heterocycles. The fraction of sp³-hybridized carbons (Fsp3) is 0.150. The van der Waals surface area contributed by atoms with E-state index in [4.69, 9.17) is 21.7 Å². The first-order valence-electron chi connectivity index (χ1n) is 8.14. The second-order valence-corrected chi connectivity index (χ2v) is 8.67. The molecule has 0 spiro atoms.